The summed E-state index contributed by atoms with van der Waals surface area (Å²) < 4.78 is 36.3. The lowest BCUT2D eigenvalue weighted by molar-refractivity contribution is -0.140. The maximum atomic E-state index is 15.0. The number of carbonyl (C=O) groups is 2. The highest BCUT2D eigenvalue weighted by Gasteiger charge is 2.41. The first-order valence-electron chi connectivity index (χ1n) is 15.6. The second-order valence-electron chi connectivity index (χ2n) is 12.8. The highest BCUT2D eigenvalue weighted by molar-refractivity contribution is 5.78. The molecule has 10 nitrogen and oxygen atoms in total. The number of benzene rings is 2. The minimum Gasteiger partial charge on any atom is -0.394 e. The molecule has 2 aromatic carbocycles. The number of carbonyl (C=O) groups excluding carboxylic acids is 2. The zero-order valence-corrected chi connectivity index (χ0v) is 26.7. The van der Waals surface area contributed by atoms with Crippen molar-refractivity contribution < 1.29 is 33.3 Å². The third kappa shape index (κ3) is 9.18. The summed E-state index contributed by atoms with van der Waals surface area (Å²) in [5, 5.41) is 25.3. The van der Waals surface area contributed by atoms with E-state index in [2.05, 4.69) is 10.6 Å². The van der Waals surface area contributed by atoms with Crippen molar-refractivity contribution in [2.45, 2.75) is 39.8 Å². The van der Waals surface area contributed by atoms with Crippen LogP contribution in [0.2, 0.25) is 0 Å². The topological polar surface area (TPSA) is 129 Å². The van der Waals surface area contributed by atoms with Crippen LogP contribution in [0.4, 0.5) is 8.78 Å². The number of hydrogen-bond donors (Lipinski definition) is 4. The van der Waals surface area contributed by atoms with Crippen LogP contribution < -0.4 is 10.6 Å². The van der Waals surface area contributed by atoms with E-state index in [1.54, 1.807) is 11.1 Å². The fourth-order valence-electron chi connectivity index (χ4n) is 5.97. The van der Waals surface area contributed by atoms with E-state index in [4.69, 9.17) is 14.8 Å². The molecule has 0 saturated carbocycles. The predicted molar refractivity (Wildman–Crippen MR) is 169 cm³/mol. The fourth-order valence-corrected chi connectivity index (χ4v) is 5.97. The van der Waals surface area contributed by atoms with Gasteiger partial charge in [0.15, 0.2) is 0 Å². The Labute approximate surface area is 268 Å². The number of rotatable bonds is 15. The summed E-state index contributed by atoms with van der Waals surface area (Å²) in [6, 6.07) is 12.2. The predicted octanol–water partition coefficient (Wildman–Crippen LogP) is 3.14. The number of amides is 2. The summed E-state index contributed by atoms with van der Waals surface area (Å²) in [4.78, 5) is 32.5. The maximum absolute atomic E-state index is 15.0. The van der Waals surface area contributed by atoms with Crippen molar-refractivity contribution in [2.24, 2.45) is 17.3 Å². The summed E-state index contributed by atoms with van der Waals surface area (Å²) in [5.41, 5.74) is 0.614. The van der Waals surface area contributed by atoms with Gasteiger partial charge in [-0.15, -0.1) is 0 Å². The summed E-state index contributed by atoms with van der Waals surface area (Å²) in [7, 11) is 0. The van der Waals surface area contributed by atoms with Crippen LogP contribution in [0.15, 0.2) is 54.7 Å². The van der Waals surface area contributed by atoms with Crippen molar-refractivity contribution in [3.63, 3.8) is 0 Å². The van der Waals surface area contributed by atoms with Crippen LogP contribution >= 0.6 is 0 Å². The van der Waals surface area contributed by atoms with E-state index in [1.165, 1.54) is 0 Å². The fraction of sp³-hybridized carbons (Fsp3) is 0.500. The van der Waals surface area contributed by atoms with Crippen molar-refractivity contribution >= 4 is 11.8 Å². The Morgan fingerprint density at radius 1 is 1.11 bits per heavy atom. The van der Waals surface area contributed by atoms with Crippen LogP contribution in [0, 0.1) is 28.9 Å². The van der Waals surface area contributed by atoms with E-state index in [0.29, 0.717) is 32.0 Å². The molecule has 4 rings (SSSR count). The third-order valence-electron chi connectivity index (χ3n) is 8.22. The summed E-state index contributed by atoms with van der Waals surface area (Å²) in [5.74, 6) is -1.42. The van der Waals surface area contributed by atoms with Gasteiger partial charge in [-0.3, -0.25) is 9.59 Å². The molecule has 2 heterocycles. The number of nitrogens with zero attached hydrogens (tertiary/aromatic N) is 3. The van der Waals surface area contributed by atoms with E-state index in [0.717, 1.165) is 23.8 Å². The highest BCUT2D eigenvalue weighted by atomic mass is 19.1. The van der Waals surface area contributed by atoms with E-state index in [-0.39, 0.29) is 61.8 Å². The third-order valence-corrected chi connectivity index (χ3v) is 8.22. The van der Waals surface area contributed by atoms with Gasteiger partial charge in [0.25, 0.3) is 0 Å². The minimum atomic E-state index is -0.716. The Morgan fingerprint density at radius 3 is 2.54 bits per heavy atom. The largest absolute Gasteiger partial charge is 0.394 e. The molecule has 3 unspecified atom stereocenters. The molecule has 1 fully saturated rings. The standard InChI is InChI=1S/C34H45F2N5O5/c1-34(2,3)32(41(31(45)22-43)20-25-17-37-16-24(25)18-38-30(44)11-13-46-14-12-42)33-39-29(27-15-26(35)9-10-28(27)36)21-40(33)19-23-7-5-4-6-8-23/h4-10,15,21,24-25,32,37,42-43H,11-14,16-20,22H2,1-3H3,(H,38,44). The molecule has 1 aromatic heterocycles. The van der Waals surface area contributed by atoms with Gasteiger partial charge in [0.1, 0.15) is 24.1 Å². The number of nitrogens with one attached hydrogen (secondary N) is 2. The quantitative estimate of drug-likeness (QED) is 0.188. The van der Waals surface area contributed by atoms with Gasteiger partial charge in [-0.2, -0.15) is 0 Å². The molecular formula is C34H45F2N5O5. The van der Waals surface area contributed by atoms with Gasteiger partial charge in [0.2, 0.25) is 11.8 Å². The van der Waals surface area contributed by atoms with Gasteiger partial charge >= 0.3 is 0 Å². The molecule has 46 heavy (non-hydrogen) atoms. The normalized spacial score (nSPS) is 17.2. The zero-order chi connectivity index (χ0) is 33.3. The number of hydrogen-bond acceptors (Lipinski definition) is 7. The number of aromatic nitrogens is 2. The first-order chi connectivity index (χ1) is 22.0. The molecule has 250 valence electrons. The van der Waals surface area contributed by atoms with Crippen molar-refractivity contribution in [1.29, 1.82) is 0 Å². The van der Waals surface area contributed by atoms with Crippen LogP contribution in [0.25, 0.3) is 11.3 Å². The molecule has 0 radical (unpaired) electrons. The Balaban J connectivity index is 1.67. The average molecular weight is 642 g/mol. The SMILES string of the molecule is CC(C)(C)C(c1nc(-c2cc(F)ccc2F)cn1Cc1ccccc1)N(CC1CNCC1CNC(=O)CCOCCO)C(=O)CO. The van der Waals surface area contributed by atoms with Crippen molar-refractivity contribution in [3.8, 4) is 11.3 Å². The smallest absolute Gasteiger partial charge is 0.248 e. The highest BCUT2D eigenvalue weighted by Crippen LogP contribution is 2.40. The number of aliphatic hydroxyl groups is 2. The van der Waals surface area contributed by atoms with Crippen LogP contribution in [0.1, 0.15) is 44.6 Å². The molecule has 0 spiro atoms. The van der Waals surface area contributed by atoms with Crippen molar-refractivity contribution in [1.82, 2.24) is 25.1 Å². The van der Waals surface area contributed by atoms with E-state index < -0.39 is 35.6 Å². The molecule has 3 aromatic rings. The minimum absolute atomic E-state index is 0.0120. The summed E-state index contributed by atoms with van der Waals surface area (Å²) in [6.07, 6.45) is 1.85. The van der Waals surface area contributed by atoms with Crippen molar-refractivity contribution in [3.05, 3.63) is 77.8 Å². The van der Waals surface area contributed by atoms with Gasteiger partial charge < -0.3 is 35.1 Å². The lowest BCUT2D eigenvalue weighted by Gasteiger charge is -2.41. The zero-order valence-electron chi connectivity index (χ0n) is 26.7. The Morgan fingerprint density at radius 2 is 1.85 bits per heavy atom. The van der Waals surface area contributed by atoms with Gasteiger partial charge in [0.05, 0.1) is 31.6 Å². The maximum Gasteiger partial charge on any atom is 0.248 e. The molecule has 0 aliphatic carbocycles. The Hall–Kier alpha value is -3.71. The van der Waals surface area contributed by atoms with E-state index >= 15 is 0 Å². The molecule has 1 aliphatic rings. The monoisotopic (exact) mass is 641 g/mol. The number of halogens is 2. The van der Waals surface area contributed by atoms with Gasteiger partial charge in [-0.25, -0.2) is 13.8 Å². The molecule has 1 saturated heterocycles. The van der Waals surface area contributed by atoms with E-state index in [9.17, 15) is 23.5 Å². The molecular weight excluding hydrogens is 596 g/mol. The lowest BCUT2D eigenvalue weighted by atomic mass is 9.83. The molecule has 2 amide bonds. The van der Waals surface area contributed by atoms with E-state index in [1.807, 2.05) is 55.7 Å². The molecule has 4 N–H and O–H groups in total. The Kier molecular flexibility index (Phi) is 12.4. The van der Waals surface area contributed by atoms with Crippen LogP contribution in [-0.4, -0.2) is 89.1 Å². The number of imidazole rings is 1. The summed E-state index contributed by atoms with van der Waals surface area (Å²) >= 11 is 0. The van der Waals surface area contributed by atoms with Gasteiger partial charge in [0, 0.05) is 50.9 Å². The van der Waals surface area contributed by atoms with Crippen LogP contribution in [0.5, 0.6) is 0 Å². The number of aliphatic hydroxyl groups excluding tert-OH is 2. The number of ether oxygens (including phenoxy) is 1. The summed E-state index contributed by atoms with van der Waals surface area (Å²) in [6.45, 7) is 7.76. The van der Waals surface area contributed by atoms with Gasteiger partial charge in [-0.1, -0.05) is 51.1 Å². The average Bonchev–Trinajstić information content (AvgIpc) is 3.65. The first-order valence-corrected chi connectivity index (χ1v) is 15.6. The lowest BCUT2D eigenvalue weighted by Crippen LogP contribution is -2.47. The first kappa shape index (κ1) is 35.1. The molecule has 1 aliphatic heterocycles. The molecule has 3 atom stereocenters. The molecule has 12 heteroatoms. The Bertz CT molecular complexity index is 1450. The second-order valence-corrected chi connectivity index (χ2v) is 12.8. The second kappa shape index (κ2) is 16.2. The van der Waals surface area contributed by atoms with Crippen LogP contribution in [-0.2, 0) is 20.9 Å². The van der Waals surface area contributed by atoms with Gasteiger partial charge in [-0.05, 0) is 41.0 Å². The van der Waals surface area contributed by atoms with Crippen molar-refractivity contribution in [2.75, 3.05) is 52.6 Å². The molecule has 0 bridgehead atoms. The van der Waals surface area contributed by atoms with Crippen LogP contribution in [0.3, 0.4) is 0 Å².